The minimum Gasteiger partial charge on any atom is -0.399 e. The van der Waals surface area contributed by atoms with Crippen molar-refractivity contribution in [3.63, 3.8) is 0 Å². The van der Waals surface area contributed by atoms with Gasteiger partial charge in [-0.25, -0.2) is 0 Å². The van der Waals surface area contributed by atoms with E-state index in [9.17, 15) is 4.79 Å². The van der Waals surface area contributed by atoms with Crippen molar-refractivity contribution in [1.82, 2.24) is 0 Å². The van der Waals surface area contributed by atoms with Crippen LogP contribution in [0.1, 0.15) is 32.8 Å². The second kappa shape index (κ2) is 6.69. The van der Waals surface area contributed by atoms with Crippen molar-refractivity contribution < 1.29 is 4.79 Å². The number of anilines is 2. The molecule has 0 saturated heterocycles. The number of aryl methyl sites for hydroxylation is 1. The molecule has 0 aliphatic heterocycles. The molecule has 3 N–H and O–H groups in total. The molecule has 0 aliphatic rings. The van der Waals surface area contributed by atoms with Crippen LogP contribution in [0.25, 0.3) is 0 Å². The third-order valence-corrected chi connectivity index (χ3v) is 4.32. The summed E-state index contributed by atoms with van der Waals surface area (Å²) in [5.74, 6) is 0.0361. The van der Waals surface area contributed by atoms with Gasteiger partial charge in [0.05, 0.1) is 5.25 Å². The predicted octanol–water partition coefficient (Wildman–Crippen LogP) is 3.44. The van der Waals surface area contributed by atoms with Crippen molar-refractivity contribution in [2.75, 3.05) is 11.1 Å². The van der Waals surface area contributed by atoms with Crippen LogP contribution in [-0.4, -0.2) is 16.4 Å². The van der Waals surface area contributed by atoms with Gasteiger partial charge in [0.15, 0.2) is 0 Å². The first-order chi connectivity index (χ1) is 8.43. The lowest BCUT2D eigenvalue weighted by Crippen LogP contribution is -2.24. The van der Waals surface area contributed by atoms with E-state index in [-0.39, 0.29) is 11.2 Å². The summed E-state index contributed by atoms with van der Waals surface area (Å²) in [5, 5.41) is 3.38. The molecule has 0 spiro atoms. The van der Waals surface area contributed by atoms with Crippen LogP contribution >= 0.6 is 11.8 Å². The fourth-order valence-electron chi connectivity index (χ4n) is 1.52. The molecule has 4 heteroatoms. The number of carbonyl (C=O) groups excluding carboxylic acids is 1. The van der Waals surface area contributed by atoms with Gasteiger partial charge in [-0.2, -0.15) is 0 Å². The van der Waals surface area contributed by atoms with E-state index in [1.165, 1.54) is 0 Å². The van der Waals surface area contributed by atoms with Crippen LogP contribution < -0.4 is 11.1 Å². The second-order valence-electron chi connectivity index (χ2n) is 4.56. The van der Waals surface area contributed by atoms with Gasteiger partial charge in [0.2, 0.25) is 5.91 Å². The van der Waals surface area contributed by atoms with E-state index in [1.807, 2.05) is 26.0 Å². The highest BCUT2D eigenvalue weighted by molar-refractivity contribution is 8.01. The molecule has 2 atom stereocenters. The summed E-state index contributed by atoms with van der Waals surface area (Å²) in [6.07, 6.45) is 1.07. The Morgan fingerprint density at radius 2 is 2.11 bits per heavy atom. The Hall–Kier alpha value is -1.16. The van der Waals surface area contributed by atoms with Gasteiger partial charge in [-0.05, 0) is 38.0 Å². The van der Waals surface area contributed by atoms with Crippen LogP contribution in [0, 0.1) is 6.92 Å². The number of benzene rings is 1. The van der Waals surface area contributed by atoms with E-state index >= 15 is 0 Å². The molecule has 0 radical (unpaired) electrons. The van der Waals surface area contributed by atoms with Crippen LogP contribution in [0.5, 0.6) is 0 Å². The number of nitrogen functional groups attached to an aromatic ring is 1. The summed E-state index contributed by atoms with van der Waals surface area (Å²) in [5.41, 5.74) is 8.22. The Balaban J connectivity index is 2.66. The monoisotopic (exact) mass is 266 g/mol. The van der Waals surface area contributed by atoms with Gasteiger partial charge in [-0.1, -0.05) is 19.9 Å². The van der Waals surface area contributed by atoms with Crippen molar-refractivity contribution in [3.8, 4) is 0 Å². The second-order valence-corrected chi connectivity index (χ2v) is 6.34. The Bertz CT molecular complexity index is 420. The van der Waals surface area contributed by atoms with Crippen LogP contribution in [0.4, 0.5) is 11.4 Å². The number of nitrogens with one attached hydrogen (secondary N) is 1. The molecule has 0 heterocycles. The fourth-order valence-corrected chi connectivity index (χ4v) is 2.59. The molecule has 0 fully saturated rings. The zero-order valence-corrected chi connectivity index (χ0v) is 12.3. The van der Waals surface area contributed by atoms with Gasteiger partial charge in [-0.15, -0.1) is 11.8 Å². The van der Waals surface area contributed by atoms with Gasteiger partial charge in [-0.3, -0.25) is 4.79 Å². The van der Waals surface area contributed by atoms with Gasteiger partial charge >= 0.3 is 0 Å². The Morgan fingerprint density at radius 3 is 2.72 bits per heavy atom. The molecule has 1 amide bonds. The number of thioether (sulfide) groups is 1. The minimum atomic E-state index is -0.0548. The summed E-state index contributed by atoms with van der Waals surface area (Å²) in [4.78, 5) is 12.1. The molecule has 0 saturated carbocycles. The van der Waals surface area contributed by atoms with E-state index in [4.69, 9.17) is 5.73 Å². The molecule has 2 unspecified atom stereocenters. The van der Waals surface area contributed by atoms with Gasteiger partial charge in [0.25, 0.3) is 0 Å². The number of amides is 1. The highest BCUT2D eigenvalue weighted by Crippen LogP contribution is 2.23. The fraction of sp³-hybridized carbons (Fsp3) is 0.500. The largest absolute Gasteiger partial charge is 0.399 e. The summed E-state index contributed by atoms with van der Waals surface area (Å²) in [6.45, 7) is 8.17. The number of rotatable bonds is 5. The smallest absolute Gasteiger partial charge is 0.237 e. The van der Waals surface area contributed by atoms with Crippen molar-refractivity contribution in [3.05, 3.63) is 23.8 Å². The molecule has 100 valence electrons. The van der Waals surface area contributed by atoms with E-state index in [1.54, 1.807) is 17.8 Å². The first kappa shape index (κ1) is 14.9. The van der Waals surface area contributed by atoms with E-state index in [2.05, 4.69) is 19.2 Å². The molecule has 1 rings (SSSR count). The van der Waals surface area contributed by atoms with Crippen molar-refractivity contribution in [2.24, 2.45) is 0 Å². The standard InChI is InChI=1S/C14H22N2OS/c1-5-10(3)18-11(4)14(17)16-13-8-12(15)7-6-9(13)2/h6-8,10-11H,5,15H2,1-4H3,(H,16,17). The Labute approximate surface area is 114 Å². The summed E-state index contributed by atoms with van der Waals surface area (Å²) in [7, 11) is 0. The number of nitrogens with two attached hydrogens (primary N) is 1. The number of hydrogen-bond donors (Lipinski definition) is 2. The molecule has 1 aromatic carbocycles. The molecular weight excluding hydrogens is 244 g/mol. The average molecular weight is 266 g/mol. The molecule has 0 aliphatic carbocycles. The number of carbonyl (C=O) groups is 1. The molecule has 18 heavy (non-hydrogen) atoms. The zero-order chi connectivity index (χ0) is 13.7. The molecule has 1 aromatic rings. The third kappa shape index (κ3) is 4.26. The lowest BCUT2D eigenvalue weighted by Gasteiger charge is -2.16. The quantitative estimate of drug-likeness (QED) is 0.803. The van der Waals surface area contributed by atoms with Gasteiger partial charge in [0, 0.05) is 16.6 Å². The lowest BCUT2D eigenvalue weighted by atomic mass is 10.2. The van der Waals surface area contributed by atoms with E-state index in [0.717, 1.165) is 17.7 Å². The normalized spacial score (nSPS) is 14.0. The SMILES string of the molecule is CCC(C)SC(C)C(=O)Nc1cc(N)ccc1C. The van der Waals surface area contributed by atoms with Crippen molar-refractivity contribution >= 4 is 29.0 Å². The summed E-state index contributed by atoms with van der Waals surface area (Å²) < 4.78 is 0. The molecule has 0 aromatic heterocycles. The Kier molecular flexibility index (Phi) is 5.54. The van der Waals surface area contributed by atoms with Crippen LogP contribution in [0.3, 0.4) is 0 Å². The van der Waals surface area contributed by atoms with Crippen LogP contribution in [0.15, 0.2) is 18.2 Å². The maximum absolute atomic E-state index is 12.1. The lowest BCUT2D eigenvalue weighted by molar-refractivity contribution is -0.115. The van der Waals surface area contributed by atoms with Crippen molar-refractivity contribution in [2.45, 2.75) is 44.6 Å². The maximum Gasteiger partial charge on any atom is 0.237 e. The predicted molar refractivity (Wildman–Crippen MR) is 81.0 cm³/mol. The van der Waals surface area contributed by atoms with Crippen molar-refractivity contribution in [1.29, 1.82) is 0 Å². The number of hydrogen-bond acceptors (Lipinski definition) is 3. The van der Waals surface area contributed by atoms with E-state index < -0.39 is 0 Å². The first-order valence-corrected chi connectivity index (χ1v) is 7.20. The topological polar surface area (TPSA) is 55.1 Å². The average Bonchev–Trinajstić information content (AvgIpc) is 2.33. The third-order valence-electron chi connectivity index (χ3n) is 2.90. The highest BCUT2D eigenvalue weighted by Gasteiger charge is 2.16. The molecule has 3 nitrogen and oxygen atoms in total. The van der Waals surface area contributed by atoms with Gasteiger partial charge in [0.1, 0.15) is 0 Å². The minimum absolute atomic E-state index is 0.0361. The highest BCUT2D eigenvalue weighted by atomic mass is 32.2. The maximum atomic E-state index is 12.1. The first-order valence-electron chi connectivity index (χ1n) is 6.26. The summed E-state index contributed by atoms with van der Waals surface area (Å²) >= 11 is 1.69. The molecule has 0 bridgehead atoms. The summed E-state index contributed by atoms with van der Waals surface area (Å²) in [6, 6.07) is 5.55. The van der Waals surface area contributed by atoms with Gasteiger partial charge < -0.3 is 11.1 Å². The zero-order valence-electron chi connectivity index (χ0n) is 11.5. The van der Waals surface area contributed by atoms with Crippen LogP contribution in [0.2, 0.25) is 0 Å². The van der Waals surface area contributed by atoms with E-state index in [0.29, 0.717) is 10.9 Å². The molecular formula is C14H22N2OS. The van der Waals surface area contributed by atoms with Crippen LogP contribution in [-0.2, 0) is 4.79 Å². The Morgan fingerprint density at radius 1 is 1.44 bits per heavy atom.